The van der Waals surface area contributed by atoms with Gasteiger partial charge in [-0.2, -0.15) is 0 Å². The van der Waals surface area contributed by atoms with E-state index in [0.717, 1.165) is 47.9 Å². The maximum atomic E-state index is 14.7. The first-order valence-electron chi connectivity index (χ1n) is 24.1. The zero-order chi connectivity index (χ0) is 52.1. The molecule has 0 N–H and O–H groups in total. The molecule has 0 spiro atoms. The number of unbranched alkanes of at least 4 members (excludes halogenated alkanes) is 3. The average Bonchev–Trinajstić information content (AvgIpc) is 3.25. The number of ether oxygens (including phenoxy) is 4. The first-order valence-corrected chi connectivity index (χ1v) is 27.9. The van der Waals surface area contributed by atoms with Crippen LogP contribution >= 0.6 is 14.3 Å². The molecule has 4 aromatic rings. The first kappa shape index (κ1) is 57.5. The van der Waals surface area contributed by atoms with Crippen molar-refractivity contribution in [2.45, 2.75) is 122 Å². The van der Waals surface area contributed by atoms with Gasteiger partial charge < -0.3 is 28.1 Å². The van der Waals surface area contributed by atoms with Gasteiger partial charge in [-0.1, -0.05) is 83.6 Å². The van der Waals surface area contributed by atoms with Crippen molar-refractivity contribution in [2.75, 3.05) is 52.0 Å². The summed E-state index contributed by atoms with van der Waals surface area (Å²) in [5.41, 5.74) is 6.73. The highest BCUT2D eigenvalue weighted by molar-refractivity contribution is 7.95. The summed E-state index contributed by atoms with van der Waals surface area (Å²) in [6.07, 6.45) is 1.60. The van der Waals surface area contributed by atoms with Crippen molar-refractivity contribution in [2.24, 2.45) is 0 Å². The molecule has 0 amide bonds. The molecule has 0 aliphatic heterocycles. The van der Waals surface area contributed by atoms with Gasteiger partial charge in [0.2, 0.25) is 36.4 Å². The lowest BCUT2D eigenvalue weighted by Crippen LogP contribution is -2.20. The summed E-state index contributed by atoms with van der Waals surface area (Å²) >= 11 is 0. The van der Waals surface area contributed by atoms with Gasteiger partial charge >= 0.3 is 11.9 Å². The SMILES string of the molecule is Cc1cc(C)c(C(=O)P(=O)(CCC(=O)OCCOCCCCCCOCCOC(=O)CCP(=O)(C(=O)c2c(C)cc(C)cc2C)C(=O)c2c(C)cc(C)cc2C)C(=O)c2c(C)cc(C)cc2C)c(C)c1. The molecule has 0 unspecified atom stereocenters. The zero-order valence-corrected chi connectivity index (χ0v) is 45.1. The molecule has 0 bridgehead atoms. The molecule has 0 radical (unpaired) electrons. The molecule has 0 aliphatic rings. The Balaban J connectivity index is 1.15. The Labute approximate surface area is 414 Å². The maximum Gasteiger partial charge on any atom is 0.306 e. The van der Waals surface area contributed by atoms with E-state index >= 15 is 0 Å². The van der Waals surface area contributed by atoms with Gasteiger partial charge in [-0.05, 0) is 140 Å². The highest BCUT2D eigenvalue weighted by Gasteiger charge is 2.45. The van der Waals surface area contributed by atoms with Crippen LogP contribution in [0.1, 0.15) is 147 Å². The molecule has 70 heavy (non-hydrogen) atoms. The van der Waals surface area contributed by atoms with Crippen molar-refractivity contribution in [3.05, 3.63) is 138 Å². The van der Waals surface area contributed by atoms with Gasteiger partial charge in [-0.3, -0.25) is 28.8 Å². The van der Waals surface area contributed by atoms with Gasteiger partial charge in [0.1, 0.15) is 13.2 Å². The van der Waals surface area contributed by atoms with Crippen LogP contribution in [0.5, 0.6) is 0 Å². The Morgan fingerprint density at radius 2 is 0.571 bits per heavy atom. The molecule has 4 aromatic carbocycles. The predicted molar refractivity (Wildman–Crippen MR) is 276 cm³/mol. The predicted octanol–water partition coefficient (Wildman–Crippen LogP) is 12.2. The molecule has 0 heterocycles. The third kappa shape index (κ3) is 14.7. The molecule has 0 aromatic heterocycles. The monoisotopic (exact) mass is 998 g/mol. The van der Waals surface area contributed by atoms with Crippen LogP contribution in [-0.4, -0.2) is 86.0 Å². The van der Waals surface area contributed by atoms with Crippen LogP contribution in [0.4, 0.5) is 0 Å². The molecule has 12 nitrogen and oxygen atoms in total. The molecule has 4 rings (SSSR count). The molecule has 0 atom stereocenters. The second-order valence-corrected chi connectivity index (χ2v) is 24.3. The maximum absolute atomic E-state index is 14.7. The minimum Gasteiger partial charge on any atom is -0.463 e. The van der Waals surface area contributed by atoms with Crippen molar-refractivity contribution in [3.63, 3.8) is 0 Å². The number of hydrogen-bond acceptors (Lipinski definition) is 12. The van der Waals surface area contributed by atoms with E-state index in [1.54, 1.807) is 55.4 Å². The van der Waals surface area contributed by atoms with Gasteiger partial charge in [0.15, 0.2) is 0 Å². The average molecular weight is 999 g/mol. The Morgan fingerprint density at radius 1 is 0.343 bits per heavy atom. The summed E-state index contributed by atoms with van der Waals surface area (Å²) in [7, 11) is -8.63. The van der Waals surface area contributed by atoms with E-state index in [9.17, 15) is 37.9 Å². The van der Waals surface area contributed by atoms with Gasteiger partial charge in [-0.15, -0.1) is 0 Å². The van der Waals surface area contributed by atoms with Gasteiger partial charge in [0.05, 0.1) is 26.1 Å². The number of aryl methyl sites for hydroxylation is 12. The van der Waals surface area contributed by atoms with E-state index in [1.165, 1.54) is 0 Å². The number of rotatable bonds is 27. The Hall–Kier alpha value is -5.12. The van der Waals surface area contributed by atoms with E-state index < -0.39 is 60.6 Å². The number of benzene rings is 4. The van der Waals surface area contributed by atoms with E-state index in [0.29, 0.717) is 57.7 Å². The molecular weight excluding hydrogens is 927 g/mol. The topological polar surface area (TPSA) is 173 Å². The lowest BCUT2D eigenvalue weighted by molar-refractivity contribution is -0.145. The summed E-state index contributed by atoms with van der Waals surface area (Å²) in [6, 6.07) is 14.5. The first-order chi connectivity index (χ1) is 32.9. The highest BCUT2D eigenvalue weighted by Crippen LogP contribution is 2.55. The van der Waals surface area contributed by atoms with Crippen molar-refractivity contribution < 1.29 is 56.8 Å². The number of carbonyl (C=O) groups excluding carboxylic acids is 6. The quantitative estimate of drug-likeness (QED) is 0.0315. The second-order valence-electron chi connectivity index (χ2n) is 18.8. The molecule has 0 saturated carbocycles. The molecule has 0 fully saturated rings. The van der Waals surface area contributed by atoms with Gasteiger partial charge in [0, 0.05) is 47.8 Å². The van der Waals surface area contributed by atoms with Gasteiger partial charge in [0.25, 0.3) is 0 Å². The van der Waals surface area contributed by atoms with Crippen molar-refractivity contribution >= 4 is 48.3 Å². The Morgan fingerprint density at radius 3 is 0.800 bits per heavy atom. The van der Waals surface area contributed by atoms with E-state index in [4.69, 9.17) is 18.9 Å². The van der Waals surface area contributed by atoms with Crippen molar-refractivity contribution in [1.29, 1.82) is 0 Å². The fraction of sp³-hybridized carbons (Fsp3) is 0.464. The minimum atomic E-state index is -4.32. The molecule has 0 aliphatic carbocycles. The van der Waals surface area contributed by atoms with Crippen LogP contribution in [0.3, 0.4) is 0 Å². The van der Waals surface area contributed by atoms with Crippen LogP contribution in [0.2, 0.25) is 0 Å². The summed E-state index contributed by atoms with van der Waals surface area (Å²) < 4.78 is 51.4. The Kier molecular flexibility index (Phi) is 21.2. The van der Waals surface area contributed by atoms with Gasteiger partial charge in [-0.25, -0.2) is 0 Å². The number of carbonyl (C=O) groups is 6. The summed E-state index contributed by atoms with van der Waals surface area (Å²) in [4.78, 5) is 82.2. The third-order valence-corrected chi connectivity index (χ3v) is 17.7. The van der Waals surface area contributed by atoms with Crippen molar-refractivity contribution in [3.8, 4) is 0 Å². The molecule has 0 saturated heterocycles. The van der Waals surface area contributed by atoms with Crippen molar-refractivity contribution in [1.82, 2.24) is 0 Å². The number of hydrogen-bond donors (Lipinski definition) is 0. The lowest BCUT2D eigenvalue weighted by atomic mass is 10.0. The normalized spacial score (nSPS) is 11.7. The molecule has 14 heteroatoms. The summed E-state index contributed by atoms with van der Waals surface area (Å²) in [5.74, 6) is -1.35. The summed E-state index contributed by atoms with van der Waals surface area (Å²) in [5, 5.41) is 0. The van der Waals surface area contributed by atoms with Crippen LogP contribution in [0.15, 0.2) is 48.5 Å². The largest absolute Gasteiger partial charge is 0.463 e. The van der Waals surface area contributed by atoms with Crippen LogP contribution in [0, 0.1) is 83.1 Å². The summed E-state index contributed by atoms with van der Waals surface area (Å²) in [6.45, 7) is 22.7. The molecule has 378 valence electrons. The fourth-order valence-electron chi connectivity index (χ4n) is 9.42. The molecular formula is C56H72O12P2. The van der Waals surface area contributed by atoms with E-state index in [1.807, 2.05) is 76.2 Å². The fourth-order valence-corrected chi connectivity index (χ4v) is 14.5. The highest BCUT2D eigenvalue weighted by atomic mass is 31.2. The number of esters is 2. The Bertz CT molecular complexity index is 2310. The van der Waals surface area contributed by atoms with E-state index in [-0.39, 0.29) is 61.5 Å². The van der Waals surface area contributed by atoms with Crippen LogP contribution in [0.25, 0.3) is 0 Å². The standard InChI is InChI=1S/C56H72O12P2/c1-35-27-39(5)49(40(6)28-35)53(59)69(63,54(60)50-41(7)29-36(2)30-42(50)8)25-17-47(57)67-23-21-65-19-15-13-14-16-20-66-22-24-68-48(58)18-26-70(64,55(61)51-43(9)31-37(3)32-44(51)10)56(62)52-45(11)33-38(4)34-46(52)12/h27-34H,13-26H2,1-12H3. The van der Waals surface area contributed by atoms with Crippen LogP contribution in [-0.2, 0) is 37.7 Å². The lowest BCUT2D eigenvalue weighted by Gasteiger charge is -2.21. The smallest absolute Gasteiger partial charge is 0.306 e. The zero-order valence-electron chi connectivity index (χ0n) is 43.3. The van der Waals surface area contributed by atoms with E-state index in [2.05, 4.69) is 0 Å². The minimum absolute atomic E-state index is 0.0367. The second kappa shape index (κ2) is 25.8. The van der Waals surface area contributed by atoms with Crippen LogP contribution < -0.4 is 0 Å². The third-order valence-electron chi connectivity index (χ3n) is 12.4.